The van der Waals surface area contributed by atoms with Gasteiger partial charge >= 0.3 is 5.97 Å². The standard InChI is InChI=1S/C11H12O4/c1-2-14-8-5-3-4-7-6-9(11(12)13)15-10(7)8/h3-5,9H,2,6H2,1H3,(H,12,13). The number of carboxylic acid groups (broad SMARTS) is 1. The van der Waals surface area contributed by atoms with E-state index < -0.39 is 12.1 Å². The zero-order chi connectivity index (χ0) is 10.8. The van der Waals surface area contributed by atoms with Crippen molar-refractivity contribution < 1.29 is 19.4 Å². The van der Waals surface area contributed by atoms with Crippen LogP contribution in [-0.4, -0.2) is 23.8 Å². The molecule has 0 aliphatic carbocycles. The molecule has 80 valence electrons. The lowest BCUT2D eigenvalue weighted by molar-refractivity contribution is -0.144. The number of hydrogen-bond acceptors (Lipinski definition) is 3. The van der Waals surface area contributed by atoms with Gasteiger partial charge in [0.1, 0.15) is 0 Å². The van der Waals surface area contributed by atoms with Gasteiger partial charge in [-0.3, -0.25) is 0 Å². The Morgan fingerprint density at radius 3 is 3.13 bits per heavy atom. The summed E-state index contributed by atoms with van der Waals surface area (Å²) in [4.78, 5) is 10.8. The summed E-state index contributed by atoms with van der Waals surface area (Å²) in [6.07, 6.45) is -0.368. The molecule has 0 spiro atoms. The van der Waals surface area contributed by atoms with Gasteiger partial charge in [-0.15, -0.1) is 0 Å². The average Bonchev–Trinajstić information content (AvgIpc) is 2.63. The molecule has 1 aromatic rings. The van der Waals surface area contributed by atoms with E-state index in [9.17, 15) is 4.79 Å². The molecule has 1 aliphatic heterocycles. The van der Waals surface area contributed by atoms with Gasteiger partial charge in [0.05, 0.1) is 6.61 Å². The number of fused-ring (bicyclic) bond motifs is 1. The van der Waals surface area contributed by atoms with Gasteiger partial charge in [0.2, 0.25) is 0 Å². The maximum atomic E-state index is 10.8. The molecule has 0 saturated carbocycles. The Morgan fingerprint density at radius 2 is 2.47 bits per heavy atom. The van der Waals surface area contributed by atoms with Gasteiger partial charge in [-0.05, 0) is 13.0 Å². The summed E-state index contributed by atoms with van der Waals surface area (Å²) >= 11 is 0. The molecular formula is C11H12O4. The lowest BCUT2D eigenvalue weighted by atomic mass is 10.1. The van der Waals surface area contributed by atoms with Crippen LogP contribution < -0.4 is 9.47 Å². The molecule has 2 rings (SSSR count). The summed E-state index contributed by atoms with van der Waals surface area (Å²) in [5, 5.41) is 8.84. The summed E-state index contributed by atoms with van der Waals surface area (Å²) in [6, 6.07) is 5.49. The Bertz CT molecular complexity index is 386. The van der Waals surface area contributed by atoms with Crippen LogP contribution in [-0.2, 0) is 11.2 Å². The van der Waals surface area contributed by atoms with E-state index in [0.717, 1.165) is 5.56 Å². The minimum absolute atomic E-state index is 0.408. The lowest BCUT2D eigenvalue weighted by Crippen LogP contribution is -2.24. The van der Waals surface area contributed by atoms with E-state index in [1.54, 1.807) is 6.07 Å². The summed E-state index contributed by atoms with van der Waals surface area (Å²) in [5.74, 6) is 0.263. The number of aliphatic carboxylic acids is 1. The first kappa shape index (κ1) is 9.83. The predicted molar refractivity (Wildman–Crippen MR) is 53.4 cm³/mol. The summed E-state index contributed by atoms with van der Waals surface area (Å²) in [7, 11) is 0. The largest absolute Gasteiger partial charge is 0.490 e. The van der Waals surface area contributed by atoms with Crippen LogP contribution in [0.4, 0.5) is 0 Å². The molecule has 1 aromatic carbocycles. The van der Waals surface area contributed by atoms with Crippen LogP contribution in [0.25, 0.3) is 0 Å². The SMILES string of the molecule is CCOc1cccc2c1OC(C(=O)O)C2. The number of para-hydroxylation sites is 1. The first-order valence-corrected chi connectivity index (χ1v) is 4.86. The van der Waals surface area contributed by atoms with Crippen LogP contribution in [0, 0.1) is 0 Å². The van der Waals surface area contributed by atoms with Crippen LogP contribution in [0.2, 0.25) is 0 Å². The van der Waals surface area contributed by atoms with Crippen molar-refractivity contribution in [3.8, 4) is 11.5 Å². The minimum Gasteiger partial charge on any atom is -0.490 e. The molecule has 15 heavy (non-hydrogen) atoms. The van der Waals surface area contributed by atoms with Crippen LogP contribution in [0.15, 0.2) is 18.2 Å². The first-order chi connectivity index (χ1) is 7.22. The van der Waals surface area contributed by atoms with Crippen molar-refractivity contribution in [3.63, 3.8) is 0 Å². The second-order valence-electron chi connectivity index (χ2n) is 3.33. The van der Waals surface area contributed by atoms with Crippen molar-refractivity contribution in [3.05, 3.63) is 23.8 Å². The molecule has 0 aromatic heterocycles. The highest BCUT2D eigenvalue weighted by Gasteiger charge is 2.30. The Kier molecular flexibility index (Phi) is 2.49. The minimum atomic E-state index is -0.936. The quantitative estimate of drug-likeness (QED) is 0.817. The molecular weight excluding hydrogens is 196 g/mol. The fourth-order valence-electron chi connectivity index (χ4n) is 1.65. The lowest BCUT2D eigenvalue weighted by Gasteiger charge is -2.09. The molecule has 1 aliphatic rings. The fourth-order valence-corrected chi connectivity index (χ4v) is 1.65. The second-order valence-corrected chi connectivity index (χ2v) is 3.33. The Balaban J connectivity index is 2.28. The van der Waals surface area contributed by atoms with Crippen LogP contribution in [0.1, 0.15) is 12.5 Å². The van der Waals surface area contributed by atoms with E-state index in [2.05, 4.69) is 0 Å². The molecule has 4 nitrogen and oxygen atoms in total. The maximum absolute atomic E-state index is 10.8. The van der Waals surface area contributed by atoms with Gasteiger partial charge in [-0.2, -0.15) is 0 Å². The third kappa shape index (κ3) is 1.75. The van der Waals surface area contributed by atoms with Crippen molar-refractivity contribution >= 4 is 5.97 Å². The van der Waals surface area contributed by atoms with Gasteiger partial charge < -0.3 is 14.6 Å². The molecule has 4 heteroatoms. The van der Waals surface area contributed by atoms with E-state index in [1.165, 1.54) is 0 Å². The third-order valence-corrected chi connectivity index (χ3v) is 2.30. The Morgan fingerprint density at radius 1 is 1.67 bits per heavy atom. The predicted octanol–water partition coefficient (Wildman–Crippen LogP) is 1.47. The van der Waals surface area contributed by atoms with E-state index in [0.29, 0.717) is 24.5 Å². The highest BCUT2D eigenvalue weighted by atomic mass is 16.5. The number of carbonyl (C=O) groups is 1. The molecule has 0 amide bonds. The monoisotopic (exact) mass is 208 g/mol. The molecule has 0 fully saturated rings. The van der Waals surface area contributed by atoms with E-state index in [-0.39, 0.29) is 0 Å². The summed E-state index contributed by atoms with van der Waals surface area (Å²) in [5.41, 5.74) is 0.897. The normalized spacial score (nSPS) is 18.1. The average molecular weight is 208 g/mol. The maximum Gasteiger partial charge on any atom is 0.345 e. The molecule has 1 heterocycles. The van der Waals surface area contributed by atoms with Crippen LogP contribution >= 0.6 is 0 Å². The van der Waals surface area contributed by atoms with E-state index in [4.69, 9.17) is 14.6 Å². The highest BCUT2D eigenvalue weighted by Crippen LogP contribution is 2.37. The first-order valence-electron chi connectivity index (χ1n) is 4.86. The smallest absolute Gasteiger partial charge is 0.345 e. The molecule has 0 saturated heterocycles. The highest BCUT2D eigenvalue weighted by molar-refractivity contribution is 5.75. The summed E-state index contributed by atoms with van der Waals surface area (Å²) < 4.78 is 10.7. The van der Waals surface area contributed by atoms with Gasteiger partial charge in [-0.1, -0.05) is 12.1 Å². The van der Waals surface area contributed by atoms with Crippen molar-refractivity contribution in [1.29, 1.82) is 0 Å². The number of ether oxygens (including phenoxy) is 2. The van der Waals surface area contributed by atoms with Gasteiger partial charge in [-0.25, -0.2) is 4.79 Å². The van der Waals surface area contributed by atoms with Crippen LogP contribution in [0.3, 0.4) is 0 Å². The van der Waals surface area contributed by atoms with Crippen molar-refractivity contribution in [2.45, 2.75) is 19.4 Å². The van der Waals surface area contributed by atoms with Crippen molar-refractivity contribution in [2.24, 2.45) is 0 Å². The van der Waals surface area contributed by atoms with Gasteiger partial charge in [0, 0.05) is 12.0 Å². The fraction of sp³-hybridized carbons (Fsp3) is 0.364. The topological polar surface area (TPSA) is 55.8 Å². The summed E-state index contributed by atoms with van der Waals surface area (Å²) in [6.45, 7) is 2.42. The van der Waals surface area contributed by atoms with Gasteiger partial charge in [0.25, 0.3) is 0 Å². The van der Waals surface area contributed by atoms with Crippen molar-refractivity contribution in [1.82, 2.24) is 0 Å². The zero-order valence-corrected chi connectivity index (χ0v) is 8.40. The van der Waals surface area contributed by atoms with Crippen LogP contribution in [0.5, 0.6) is 11.5 Å². The number of carboxylic acids is 1. The molecule has 1 atom stereocenters. The van der Waals surface area contributed by atoms with E-state index >= 15 is 0 Å². The molecule has 0 radical (unpaired) electrons. The molecule has 0 bridgehead atoms. The van der Waals surface area contributed by atoms with Gasteiger partial charge in [0.15, 0.2) is 17.6 Å². The van der Waals surface area contributed by atoms with Crippen molar-refractivity contribution in [2.75, 3.05) is 6.61 Å². The molecule has 1 N–H and O–H groups in total. The van der Waals surface area contributed by atoms with E-state index in [1.807, 2.05) is 19.1 Å². The number of rotatable bonds is 3. The Hall–Kier alpha value is -1.71. The number of benzene rings is 1. The Labute approximate surface area is 87.4 Å². The third-order valence-electron chi connectivity index (χ3n) is 2.30. The number of hydrogen-bond donors (Lipinski definition) is 1. The molecule has 1 unspecified atom stereocenters. The second kappa shape index (κ2) is 3.81. The zero-order valence-electron chi connectivity index (χ0n) is 8.40.